The van der Waals surface area contributed by atoms with Gasteiger partial charge >= 0.3 is 0 Å². The third-order valence-electron chi connectivity index (χ3n) is 6.35. The molecule has 5 rings (SSSR count). The Hall–Kier alpha value is -2.63. The Morgan fingerprint density at radius 1 is 0.788 bits per heavy atom. The maximum absolute atomic E-state index is 13.2. The fourth-order valence-electron chi connectivity index (χ4n) is 4.39. The van der Waals surface area contributed by atoms with Crippen LogP contribution in [0, 0.1) is 6.92 Å². The first-order valence-electron chi connectivity index (χ1n) is 11.3. The van der Waals surface area contributed by atoms with Crippen LogP contribution < -0.4 is 19.3 Å². The molecule has 0 aliphatic carbocycles. The third-order valence-corrected chi connectivity index (χ3v) is 8.25. The molecule has 3 aliphatic heterocycles. The minimum Gasteiger partial charge on any atom is -0.486 e. The molecule has 2 aromatic rings. The van der Waals surface area contributed by atoms with Gasteiger partial charge in [0.25, 0.3) is 0 Å². The molecule has 2 saturated heterocycles. The van der Waals surface area contributed by atoms with E-state index < -0.39 is 10.0 Å². The molecule has 0 spiro atoms. The number of rotatable bonds is 4. The summed E-state index contributed by atoms with van der Waals surface area (Å²) in [5, 5.41) is 0. The van der Waals surface area contributed by atoms with E-state index in [-0.39, 0.29) is 4.90 Å². The highest BCUT2D eigenvalue weighted by Gasteiger charge is 2.30. The van der Waals surface area contributed by atoms with Crippen LogP contribution >= 0.6 is 0 Å². The van der Waals surface area contributed by atoms with E-state index in [9.17, 15) is 8.42 Å². The molecule has 178 valence electrons. The first-order chi connectivity index (χ1) is 15.9. The highest BCUT2D eigenvalue weighted by molar-refractivity contribution is 7.89. The predicted octanol–water partition coefficient (Wildman–Crippen LogP) is 0.819. The summed E-state index contributed by atoms with van der Waals surface area (Å²) in [5.41, 5.74) is 0. The molecule has 1 aromatic carbocycles. The van der Waals surface area contributed by atoms with Crippen LogP contribution in [-0.4, -0.2) is 100 Å². The van der Waals surface area contributed by atoms with Crippen molar-refractivity contribution in [2.45, 2.75) is 11.8 Å². The van der Waals surface area contributed by atoms with E-state index in [1.807, 2.05) is 13.0 Å². The zero-order valence-corrected chi connectivity index (χ0v) is 19.9. The molecule has 0 N–H and O–H groups in total. The molecule has 0 bridgehead atoms. The summed E-state index contributed by atoms with van der Waals surface area (Å²) >= 11 is 0. The van der Waals surface area contributed by atoms with Gasteiger partial charge in [0.2, 0.25) is 10.0 Å². The van der Waals surface area contributed by atoms with E-state index in [0.717, 1.165) is 43.6 Å². The van der Waals surface area contributed by atoms with Crippen LogP contribution in [0.5, 0.6) is 11.5 Å². The quantitative estimate of drug-likeness (QED) is 0.639. The standard InChI is InChI=1S/C22H30N6O4S/c1-17-23-21(26-7-5-25(2)6-8-26)16-22(24-17)27-9-11-28(12-10-27)33(29,30)18-3-4-19-20(15-18)32-14-13-31-19/h3-4,15-16H,5-14H2,1-2H3. The van der Waals surface area contributed by atoms with E-state index in [1.54, 1.807) is 18.2 Å². The van der Waals surface area contributed by atoms with Gasteiger partial charge in [0, 0.05) is 64.5 Å². The Morgan fingerprint density at radius 3 is 2.00 bits per heavy atom. The number of fused-ring (bicyclic) bond motifs is 1. The second-order valence-electron chi connectivity index (χ2n) is 8.62. The molecule has 0 radical (unpaired) electrons. The van der Waals surface area contributed by atoms with Gasteiger partial charge in [-0.15, -0.1) is 0 Å². The lowest BCUT2D eigenvalue weighted by Crippen LogP contribution is -2.49. The van der Waals surface area contributed by atoms with Gasteiger partial charge in [-0.3, -0.25) is 0 Å². The SMILES string of the molecule is Cc1nc(N2CCN(C)CC2)cc(N2CCN(S(=O)(=O)c3ccc4c(c3)OCCO4)CC2)n1. The van der Waals surface area contributed by atoms with Gasteiger partial charge in [0.15, 0.2) is 11.5 Å². The van der Waals surface area contributed by atoms with Gasteiger partial charge < -0.3 is 24.2 Å². The zero-order valence-electron chi connectivity index (χ0n) is 19.1. The van der Waals surface area contributed by atoms with Crippen molar-refractivity contribution in [1.82, 2.24) is 19.2 Å². The molecule has 11 heteroatoms. The lowest BCUT2D eigenvalue weighted by Gasteiger charge is -2.36. The van der Waals surface area contributed by atoms with E-state index in [1.165, 1.54) is 4.31 Å². The van der Waals surface area contributed by atoms with Crippen LogP contribution in [0.15, 0.2) is 29.2 Å². The van der Waals surface area contributed by atoms with Crippen molar-refractivity contribution in [1.29, 1.82) is 0 Å². The number of anilines is 2. The number of hydrogen-bond donors (Lipinski definition) is 0. The Bertz CT molecular complexity index is 1110. The van der Waals surface area contributed by atoms with Crippen LogP contribution in [-0.2, 0) is 10.0 Å². The lowest BCUT2D eigenvalue weighted by atomic mass is 10.3. The van der Waals surface area contributed by atoms with Gasteiger partial charge in [-0.05, 0) is 26.1 Å². The average Bonchev–Trinajstić information content (AvgIpc) is 2.84. The fraction of sp³-hybridized carbons (Fsp3) is 0.545. The fourth-order valence-corrected chi connectivity index (χ4v) is 5.83. The number of ether oxygens (including phenoxy) is 2. The molecule has 1 aromatic heterocycles. The summed E-state index contributed by atoms with van der Waals surface area (Å²) in [6.07, 6.45) is 0. The molecular formula is C22H30N6O4S. The minimum absolute atomic E-state index is 0.232. The van der Waals surface area contributed by atoms with E-state index in [4.69, 9.17) is 9.47 Å². The number of hydrogen-bond acceptors (Lipinski definition) is 9. The van der Waals surface area contributed by atoms with Crippen LogP contribution in [0.3, 0.4) is 0 Å². The summed E-state index contributed by atoms with van der Waals surface area (Å²) in [5.74, 6) is 3.59. The maximum atomic E-state index is 13.2. The summed E-state index contributed by atoms with van der Waals surface area (Å²) < 4.78 is 39.1. The topological polar surface area (TPSA) is 91.3 Å². The van der Waals surface area contributed by atoms with Gasteiger partial charge in [-0.2, -0.15) is 4.31 Å². The number of aryl methyl sites for hydroxylation is 1. The summed E-state index contributed by atoms with van der Waals surface area (Å²) in [7, 11) is -1.48. The van der Waals surface area contributed by atoms with Gasteiger partial charge in [0.1, 0.15) is 30.7 Å². The number of nitrogens with zero attached hydrogens (tertiary/aromatic N) is 6. The van der Waals surface area contributed by atoms with Crippen molar-refractivity contribution in [2.75, 3.05) is 82.4 Å². The third kappa shape index (κ3) is 4.57. The first kappa shape index (κ1) is 22.2. The molecule has 3 aliphatic rings. The number of aromatic nitrogens is 2. The maximum Gasteiger partial charge on any atom is 0.243 e. The minimum atomic E-state index is -3.61. The van der Waals surface area contributed by atoms with Gasteiger partial charge in [-0.25, -0.2) is 18.4 Å². The Kier molecular flexibility index (Phi) is 6.02. The number of piperazine rings is 2. The van der Waals surface area contributed by atoms with Crippen molar-refractivity contribution in [2.24, 2.45) is 0 Å². The summed E-state index contributed by atoms with van der Waals surface area (Å²) in [6, 6.07) is 6.85. The number of likely N-dealkylation sites (N-methyl/N-ethyl adjacent to an activating group) is 1. The molecule has 4 heterocycles. The largest absolute Gasteiger partial charge is 0.486 e. The molecule has 33 heavy (non-hydrogen) atoms. The van der Waals surface area contributed by atoms with Crippen LogP contribution in [0.2, 0.25) is 0 Å². The van der Waals surface area contributed by atoms with Crippen molar-refractivity contribution in [3.63, 3.8) is 0 Å². The van der Waals surface area contributed by atoms with Crippen molar-refractivity contribution in [3.05, 3.63) is 30.1 Å². The summed E-state index contributed by atoms with van der Waals surface area (Å²) in [4.78, 5) is 16.3. The zero-order chi connectivity index (χ0) is 23.0. The van der Waals surface area contributed by atoms with Crippen LogP contribution in [0.1, 0.15) is 5.82 Å². The molecule has 0 unspecified atom stereocenters. The molecule has 0 amide bonds. The second-order valence-corrected chi connectivity index (χ2v) is 10.6. The van der Waals surface area contributed by atoms with Gasteiger partial charge in [-0.1, -0.05) is 0 Å². The normalized spacial score (nSPS) is 20.2. The number of benzene rings is 1. The van der Waals surface area contributed by atoms with Crippen molar-refractivity contribution < 1.29 is 17.9 Å². The van der Waals surface area contributed by atoms with E-state index in [0.29, 0.717) is 50.9 Å². The Morgan fingerprint density at radius 2 is 1.36 bits per heavy atom. The molecule has 0 saturated carbocycles. The Labute approximate surface area is 194 Å². The monoisotopic (exact) mass is 474 g/mol. The second kappa shape index (κ2) is 8.96. The van der Waals surface area contributed by atoms with Crippen molar-refractivity contribution >= 4 is 21.7 Å². The first-order valence-corrected chi connectivity index (χ1v) is 12.8. The highest BCUT2D eigenvalue weighted by Crippen LogP contribution is 2.33. The molecule has 0 atom stereocenters. The average molecular weight is 475 g/mol. The molecule has 2 fully saturated rings. The molecule has 10 nitrogen and oxygen atoms in total. The summed E-state index contributed by atoms with van der Waals surface area (Å²) in [6.45, 7) is 8.62. The van der Waals surface area contributed by atoms with E-state index in [2.05, 4.69) is 31.7 Å². The van der Waals surface area contributed by atoms with E-state index >= 15 is 0 Å². The van der Waals surface area contributed by atoms with Crippen LogP contribution in [0.25, 0.3) is 0 Å². The van der Waals surface area contributed by atoms with Gasteiger partial charge in [0.05, 0.1) is 4.90 Å². The molecular weight excluding hydrogens is 444 g/mol. The number of sulfonamides is 1. The smallest absolute Gasteiger partial charge is 0.243 e. The predicted molar refractivity (Wildman–Crippen MR) is 125 cm³/mol. The Balaban J connectivity index is 1.28. The highest BCUT2D eigenvalue weighted by atomic mass is 32.2. The lowest BCUT2D eigenvalue weighted by molar-refractivity contribution is 0.171. The van der Waals surface area contributed by atoms with Crippen molar-refractivity contribution in [3.8, 4) is 11.5 Å². The van der Waals surface area contributed by atoms with Crippen LogP contribution in [0.4, 0.5) is 11.6 Å².